The molecule has 47 heavy (non-hydrogen) atoms. The van der Waals surface area contributed by atoms with E-state index in [0.29, 0.717) is 41.7 Å². The van der Waals surface area contributed by atoms with Crippen LogP contribution < -0.4 is 21.5 Å². The molecule has 2 saturated carbocycles. The summed E-state index contributed by atoms with van der Waals surface area (Å²) in [7, 11) is 3.57. The lowest BCUT2D eigenvalue weighted by atomic mass is 9.93. The molecule has 4 aliphatic carbocycles. The first-order valence-electron chi connectivity index (χ1n) is 16.1. The maximum absolute atomic E-state index is 11.6. The molecule has 4 aromatic rings. The number of carbonyl (C=O) groups excluding carboxylic acids is 2. The summed E-state index contributed by atoms with van der Waals surface area (Å²) in [6, 6.07) is 0.894. The number of amides is 1. The zero-order valence-corrected chi connectivity index (χ0v) is 26.2. The van der Waals surface area contributed by atoms with Gasteiger partial charge in [-0.25, -0.2) is 19.9 Å². The van der Waals surface area contributed by atoms with Gasteiger partial charge in [0.25, 0.3) is 5.91 Å². The number of nitrogens with two attached hydrogens (primary N) is 1. The van der Waals surface area contributed by atoms with Gasteiger partial charge in [0.1, 0.15) is 5.69 Å². The molecule has 14 nitrogen and oxygen atoms in total. The Hall–Kier alpha value is -4.88. The van der Waals surface area contributed by atoms with E-state index >= 15 is 0 Å². The number of aryl methyl sites for hydroxylation is 4. The second-order valence-electron chi connectivity index (χ2n) is 12.6. The highest BCUT2D eigenvalue weighted by atomic mass is 16.4. The summed E-state index contributed by atoms with van der Waals surface area (Å²) in [4.78, 5) is 41.1. The second kappa shape index (κ2) is 13.1. The Labute approximate surface area is 273 Å². The number of hydrogen-bond acceptors (Lipinski definition) is 11. The topological polar surface area (TPSA) is 194 Å². The number of nitrogens with one attached hydrogen (secondary N) is 2. The van der Waals surface area contributed by atoms with Crippen molar-refractivity contribution in [2.75, 3.05) is 10.6 Å². The van der Waals surface area contributed by atoms with Crippen LogP contribution in [-0.4, -0.2) is 63.5 Å². The van der Waals surface area contributed by atoms with Gasteiger partial charge in [-0.3, -0.25) is 14.2 Å². The van der Waals surface area contributed by atoms with Crippen molar-refractivity contribution in [1.82, 2.24) is 39.5 Å². The Morgan fingerprint density at radius 1 is 0.745 bits per heavy atom. The van der Waals surface area contributed by atoms with Gasteiger partial charge >= 0.3 is 0 Å². The monoisotopic (exact) mass is 640 g/mol. The number of fused-ring (bicyclic) bond motifs is 6. The summed E-state index contributed by atoms with van der Waals surface area (Å²) in [5, 5.41) is 26.5. The van der Waals surface area contributed by atoms with Gasteiger partial charge in [0, 0.05) is 49.7 Å². The number of carboxylic acids is 1. The molecule has 4 N–H and O–H groups in total. The SMILES string of the molecule is C.Cn1nc(C(=O)[O-])c2c1-c1nc(NC3CCCC3)ncc1CC2.Cn1nc(C(N)=O)c2c1-c1nc(NC3CCCC3)ncc1CC2. The first-order chi connectivity index (χ1) is 22.3. The highest BCUT2D eigenvalue weighted by molar-refractivity contribution is 5.94. The summed E-state index contributed by atoms with van der Waals surface area (Å²) in [5.41, 5.74) is 12.9. The zero-order valence-electron chi connectivity index (χ0n) is 26.2. The average Bonchev–Trinajstić information content (AvgIpc) is 3.86. The fraction of sp³-hybridized carbons (Fsp3) is 0.515. The molecular formula is C33H42N11O3-. The number of nitrogens with zero attached hydrogens (tertiary/aromatic N) is 8. The minimum Gasteiger partial charge on any atom is -0.543 e. The van der Waals surface area contributed by atoms with Crippen LogP contribution in [0.1, 0.15) is 102 Å². The summed E-state index contributed by atoms with van der Waals surface area (Å²) < 4.78 is 3.30. The third-order valence-corrected chi connectivity index (χ3v) is 9.56. The number of hydrogen-bond donors (Lipinski definition) is 3. The Balaban J connectivity index is 0.000000161. The molecule has 0 bridgehead atoms. The maximum atomic E-state index is 11.6. The first-order valence-corrected chi connectivity index (χ1v) is 16.1. The Morgan fingerprint density at radius 2 is 1.17 bits per heavy atom. The van der Waals surface area contributed by atoms with E-state index in [-0.39, 0.29) is 13.1 Å². The van der Waals surface area contributed by atoms with Crippen LogP contribution in [0, 0.1) is 0 Å². The van der Waals surface area contributed by atoms with Crippen LogP contribution in [-0.2, 0) is 39.8 Å². The summed E-state index contributed by atoms with van der Waals surface area (Å²) >= 11 is 0. The zero-order chi connectivity index (χ0) is 31.9. The van der Waals surface area contributed by atoms with Gasteiger partial charge in [-0.2, -0.15) is 10.2 Å². The second-order valence-corrected chi connectivity index (χ2v) is 12.6. The lowest BCUT2D eigenvalue weighted by molar-refractivity contribution is -0.255. The van der Waals surface area contributed by atoms with Crippen molar-refractivity contribution in [3.63, 3.8) is 0 Å². The van der Waals surface area contributed by atoms with Gasteiger partial charge < -0.3 is 26.3 Å². The molecule has 8 rings (SSSR count). The van der Waals surface area contributed by atoms with E-state index in [9.17, 15) is 14.7 Å². The van der Waals surface area contributed by atoms with E-state index in [0.717, 1.165) is 71.6 Å². The predicted octanol–water partition coefficient (Wildman–Crippen LogP) is 2.76. The number of rotatable bonds is 6. The van der Waals surface area contributed by atoms with Crippen LogP contribution in [0.5, 0.6) is 0 Å². The van der Waals surface area contributed by atoms with Crippen LogP contribution >= 0.6 is 0 Å². The third-order valence-electron chi connectivity index (χ3n) is 9.56. The summed E-state index contributed by atoms with van der Waals surface area (Å²) in [6.45, 7) is 0. The molecule has 4 aliphatic rings. The molecule has 0 aliphatic heterocycles. The van der Waals surface area contributed by atoms with E-state index in [2.05, 4.69) is 35.8 Å². The quantitative estimate of drug-likeness (QED) is 0.280. The average molecular weight is 641 g/mol. The Morgan fingerprint density at radius 3 is 1.60 bits per heavy atom. The Kier molecular flexibility index (Phi) is 8.93. The largest absolute Gasteiger partial charge is 0.543 e. The first kappa shape index (κ1) is 32.1. The fourth-order valence-electron chi connectivity index (χ4n) is 7.32. The molecule has 0 aromatic carbocycles. The lowest BCUT2D eigenvalue weighted by Gasteiger charge is -2.19. The van der Waals surface area contributed by atoms with E-state index in [1.807, 2.05) is 19.4 Å². The molecule has 0 atom stereocenters. The highest BCUT2D eigenvalue weighted by Gasteiger charge is 2.29. The predicted molar refractivity (Wildman–Crippen MR) is 175 cm³/mol. The fourth-order valence-corrected chi connectivity index (χ4v) is 7.32. The summed E-state index contributed by atoms with van der Waals surface area (Å²) in [6.07, 6.45) is 16.2. The van der Waals surface area contributed by atoms with Crippen molar-refractivity contribution < 1.29 is 14.7 Å². The van der Waals surface area contributed by atoms with Crippen LogP contribution in [0.4, 0.5) is 11.9 Å². The van der Waals surface area contributed by atoms with Crippen molar-refractivity contribution >= 4 is 23.8 Å². The van der Waals surface area contributed by atoms with Crippen molar-refractivity contribution in [2.24, 2.45) is 19.8 Å². The number of aromatic carboxylic acids is 1. The van der Waals surface area contributed by atoms with Crippen molar-refractivity contribution in [3.8, 4) is 22.8 Å². The molecule has 4 heterocycles. The molecule has 1 amide bonds. The molecule has 0 unspecified atom stereocenters. The van der Waals surface area contributed by atoms with Crippen LogP contribution in [0.2, 0.25) is 0 Å². The Bertz CT molecular complexity index is 1680. The molecule has 0 saturated heterocycles. The summed E-state index contributed by atoms with van der Waals surface area (Å²) in [5.74, 6) is -0.447. The van der Waals surface area contributed by atoms with E-state index in [4.69, 9.17) is 10.7 Å². The van der Waals surface area contributed by atoms with Crippen molar-refractivity contribution in [2.45, 2.75) is 96.6 Å². The minimum absolute atomic E-state index is 0. The minimum atomic E-state index is -1.23. The maximum Gasteiger partial charge on any atom is 0.269 e. The van der Waals surface area contributed by atoms with Gasteiger partial charge in [-0.15, -0.1) is 0 Å². The number of anilines is 2. The standard InChI is InChI=1S/C16H20N6O.C16H19N5O2.CH4/c1-22-14-11(13(21-22)15(17)23)7-6-9-8-18-16(20-12(9)14)19-10-4-2-3-5-10;1-21-14-11(13(20-21)15(22)23)7-6-9-8-17-16(19-12(9)14)18-10-4-2-3-5-10;/h8,10H,2-7H2,1H3,(H2,17,23)(H,18,19,20);8,10H,2-7H2,1H3,(H,22,23)(H,17,18,19);1H4/p-1. The van der Waals surface area contributed by atoms with E-state index in [1.54, 1.807) is 16.4 Å². The van der Waals surface area contributed by atoms with Crippen LogP contribution in [0.15, 0.2) is 12.4 Å². The number of carboxylic acid groups (broad SMARTS) is 1. The van der Waals surface area contributed by atoms with Gasteiger partial charge in [0.2, 0.25) is 11.9 Å². The lowest BCUT2D eigenvalue weighted by Crippen LogP contribution is -2.24. The normalized spacial score (nSPS) is 16.6. The van der Waals surface area contributed by atoms with E-state index in [1.165, 1.54) is 38.5 Å². The molecule has 2 fully saturated rings. The van der Waals surface area contributed by atoms with Crippen molar-refractivity contribution in [1.29, 1.82) is 0 Å². The molecular weight excluding hydrogens is 598 g/mol. The molecule has 248 valence electrons. The molecule has 0 radical (unpaired) electrons. The van der Waals surface area contributed by atoms with Gasteiger partial charge in [0.05, 0.1) is 28.7 Å². The van der Waals surface area contributed by atoms with Crippen molar-refractivity contribution in [3.05, 3.63) is 46.0 Å². The van der Waals surface area contributed by atoms with Crippen LogP contribution in [0.3, 0.4) is 0 Å². The molecule has 4 aromatic heterocycles. The molecule has 0 spiro atoms. The van der Waals surface area contributed by atoms with Gasteiger partial charge in [-0.1, -0.05) is 33.1 Å². The number of primary amides is 1. The van der Waals surface area contributed by atoms with E-state index < -0.39 is 11.9 Å². The third kappa shape index (κ3) is 6.15. The van der Waals surface area contributed by atoms with Crippen LogP contribution in [0.25, 0.3) is 22.8 Å². The number of carbonyl (C=O) groups is 2. The smallest absolute Gasteiger partial charge is 0.269 e. The van der Waals surface area contributed by atoms with Gasteiger partial charge in [0.15, 0.2) is 5.69 Å². The van der Waals surface area contributed by atoms with Gasteiger partial charge in [-0.05, 0) is 62.5 Å². The number of aromatic nitrogens is 8. The molecule has 14 heteroatoms. The highest BCUT2D eigenvalue weighted by Crippen LogP contribution is 2.35.